The van der Waals surface area contributed by atoms with Crippen LogP contribution in [0.5, 0.6) is 5.75 Å². The lowest BCUT2D eigenvalue weighted by molar-refractivity contribution is 0.408. The highest BCUT2D eigenvalue weighted by Crippen LogP contribution is 2.23. The summed E-state index contributed by atoms with van der Waals surface area (Å²) < 4.78 is 8.66. The van der Waals surface area contributed by atoms with Gasteiger partial charge in [-0.25, -0.2) is 0 Å². The maximum absolute atomic E-state index is 12.0. The van der Waals surface area contributed by atoms with E-state index in [1.54, 1.807) is 23.9 Å². The predicted octanol–water partition coefficient (Wildman–Crippen LogP) is 3.27. The fourth-order valence-corrected chi connectivity index (χ4v) is 2.61. The van der Waals surface area contributed by atoms with Crippen molar-refractivity contribution < 1.29 is 4.74 Å². The average Bonchev–Trinajstić information content (AvgIpc) is 2.35. The zero-order valence-electron chi connectivity index (χ0n) is 9.69. The minimum absolute atomic E-state index is 0.0140. The summed E-state index contributed by atoms with van der Waals surface area (Å²) in [5.41, 5.74) is 0.983. The molecular formula is C13H11BrINO2. The van der Waals surface area contributed by atoms with Gasteiger partial charge in [0.25, 0.3) is 5.56 Å². The molecule has 0 aliphatic rings. The van der Waals surface area contributed by atoms with Crippen molar-refractivity contribution in [2.45, 2.75) is 6.54 Å². The van der Waals surface area contributed by atoms with Crippen LogP contribution in [0.4, 0.5) is 0 Å². The molecule has 2 aromatic rings. The van der Waals surface area contributed by atoms with Gasteiger partial charge in [0.2, 0.25) is 0 Å². The van der Waals surface area contributed by atoms with Crippen LogP contribution in [0, 0.1) is 3.57 Å². The van der Waals surface area contributed by atoms with E-state index in [0.29, 0.717) is 10.1 Å². The highest BCUT2D eigenvalue weighted by molar-refractivity contribution is 14.1. The number of hydrogen-bond acceptors (Lipinski definition) is 2. The monoisotopic (exact) mass is 419 g/mol. The van der Waals surface area contributed by atoms with E-state index in [1.165, 1.54) is 0 Å². The van der Waals surface area contributed by atoms with Crippen molar-refractivity contribution in [3.8, 4) is 5.75 Å². The lowest BCUT2D eigenvalue weighted by Gasteiger charge is -2.11. The molecule has 0 unspecified atom stereocenters. The second kappa shape index (κ2) is 5.88. The summed E-state index contributed by atoms with van der Waals surface area (Å²) in [4.78, 5) is 12.0. The van der Waals surface area contributed by atoms with E-state index >= 15 is 0 Å². The highest BCUT2D eigenvalue weighted by atomic mass is 127. The first-order valence-corrected chi connectivity index (χ1v) is 7.16. The molecule has 0 aliphatic heterocycles. The lowest BCUT2D eigenvalue weighted by Crippen LogP contribution is -2.22. The van der Waals surface area contributed by atoms with Crippen molar-refractivity contribution in [2.75, 3.05) is 7.11 Å². The summed E-state index contributed by atoms with van der Waals surface area (Å²) in [6.07, 6.45) is 1.78. The first kappa shape index (κ1) is 13.6. The molecule has 0 N–H and O–H groups in total. The Bertz CT molecular complexity index is 625. The molecule has 1 heterocycles. The van der Waals surface area contributed by atoms with E-state index in [2.05, 4.69) is 15.9 Å². The van der Waals surface area contributed by atoms with Crippen LogP contribution in [0.25, 0.3) is 0 Å². The summed E-state index contributed by atoms with van der Waals surface area (Å²) in [6.45, 7) is 0.498. The third-order valence-corrected chi connectivity index (χ3v) is 3.87. The Kier molecular flexibility index (Phi) is 4.45. The van der Waals surface area contributed by atoms with Crippen molar-refractivity contribution in [2.24, 2.45) is 0 Å². The Hall–Kier alpha value is -0.820. The number of benzene rings is 1. The SMILES string of the molecule is COc1ccc(Br)cc1Cn1cccc(I)c1=O. The smallest absolute Gasteiger partial charge is 0.264 e. The van der Waals surface area contributed by atoms with Crippen LogP contribution in [0.1, 0.15) is 5.56 Å². The molecule has 2 rings (SSSR count). The zero-order chi connectivity index (χ0) is 13.1. The van der Waals surface area contributed by atoms with Crippen LogP contribution in [0.3, 0.4) is 0 Å². The topological polar surface area (TPSA) is 31.2 Å². The van der Waals surface area contributed by atoms with E-state index in [-0.39, 0.29) is 5.56 Å². The largest absolute Gasteiger partial charge is 0.496 e. The van der Waals surface area contributed by atoms with Crippen LogP contribution >= 0.6 is 38.5 Å². The van der Waals surface area contributed by atoms with Crippen LogP contribution in [0.2, 0.25) is 0 Å². The van der Waals surface area contributed by atoms with Gasteiger partial charge in [0, 0.05) is 16.2 Å². The van der Waals surface area contributed by atoms with E-state index in [9.17, 15) is 4.79 Å². The van der Waals surface area contributed by atoms with Crippen molar-refractivity contribution in [1.82, 2.24) is 4.57 Å². The van der Waals surface area contributed by atoms with Crippen molar-refractivity contribution in [1.29, 1.82) is 0 Å². The Labute approximate surface area is 127 Å². The van der Waals surface area contributed by atoms with Crippen molar-refractivity contribution in [3.63, 3.8) is 0 Å². The van der Waals surface area contributed by atoms with Gasteiger partial charge in [-0.1, -0.05) is 15.9 Å². The second-order valence-electron chi connectivity index (χ2n) is 3.75. The Morgan fingerprint density at radius 3 is 2.89 bits per heavy atom. The molecule has 0 spiro atoms. The number of nitrogens with zero attached hydrogens (tertiary/aromatic N) is 1. The molecule has 94 valence electrons. The third kappa shape index (κ3) is 2.95. The van der Waals surface area contributed by atoms with Crippen LogP contribution in [0.15, 0.2) is 45.8 Å². The number of hydrogen-bond donors (Lipinski definition) is 0. The predicted molar refractivity (Wildman–Crippen MR) is 83.2 cm³/mol. The summed E-state index contributed by atoms with van der Waals surface area (Å²) in [5.74, 6) is 0.781. The maximum atomic E-state index is 12.0. The molecule has 3 nitrogen and oxygen atoms in total. The molecule has 1 aromatic heterocycles. The quantitative estimate of drug-likeness (QED) is 0.715. The summed E-state index contributed by atoms with van der Waals surface area (Å²) >= 11 is 5.47. The lowest BCUT2D eigenvalue weighted by atomic mass is 10.2. The number of halogens is 2. The van der Waals surface area contributed by atoms with Gasteiger partial charge >= 0.3 is 0 Å². The minimum atomic E-state index is 0.0140. The first-order chi connectivity index (χ1) is 8.61. The van der Waals surface area contributed by atoms with Crippen LogP contribution in [-0.2, 0) is 6.54 Å². The number of pyridine rings is 1. The van der Waals surface area contributed by atoms with E-state index in [1.807, 2.05) is 46.9 Å². The number of rotatable bonds is 3. The fraction of sp³-hybridized carbons (Fsp3) is 0.154. The normalized spacial score (nSPS) is 10.4. The Balaban J connectivity index is 2.42. The van der Waals surface area contributed by atoms with Gasteiger partial charge in [-0.3, -0.25) is 4.79 Å². The van der Waals surface area contributed by atoms with Gasteiger partial charge < -0.3 is 9.30 Å². The molecule has 0 fully saturated rings. The average molecular weight is 420 g/mol. The zero-order valence-corrected chi connectivity index (χ0v) is 13.4. The highest BCUT2D eigenvalue weighted by Gasteiger charge is 2.06. The molecule has 5 heteroatoms. The Morgan fingerprint density at radius 2 is 2.17 bits per heavy atom. The van der Waals surface area contributed by atoms with Gasteiger partial charge in [0.15, 0.2) is 0 Å². The van der Waals surface area contributed by atoms with Gasteiger partial charge in [-0.2, -0.15) is 0 Å². The molecular weight excluding hydrogens is 409 g/mol. The van der Waals surface area contributed by atoms with Crippen molar-refractivity contribution in [3.05, 3.63) is 60.5 Å². The molecule has 0 saturated carbocycles. The standard InChI is InChI=1S/C13H11BrINO2/c1-18-12-5-4-10(14)7-9(12)8-16-6-2-3-11(15)13(16)17/h2-7H,8H2,1H3. The summed E-state index contributed by atoms with van der Waals surface area (Å²) in [5, 5.41) is 0. The van der Waals surface area contributed by atoms with Gasteiger partial charge in [0.1, 0.15) is 5.75 Å². The fourth-order valence-electron chi connectivity index (χ4n) is 1.69. The van der Waals surface area contributed by atoms with Crippen LogP contribution in [-0.4, -0.2) is 11.7 Å². The Morgan fingerprint density at radius 1 is 1.39 bits per heavy atom. The molecule has 1 aromatic carbocycles. The van der Waals surface area contributed by atoms with E-state index < -0.39 is 0 Å². The molecule has 0 bridgehead atoms. The number of methoxy groups -OCH3 is 1. The summed E-state index contributed by atoms with van der Waals surface area (Å²) in [6, 6.07) is 9.44. The molecule has 0 atom stereocenters. The molecule has 0 radical (unpaired) electrons. The molecule has 0 saturated heterocycles. The van der Waals surface area contributed by atoms with Crippen molar-refractivity contribution >= 4 is 38.5 Å². The van der Waals surface area contributed by atoms with Gasteiger partial charge in [-0.15, -0.1) is 0 Å². The molecule has 0 amide bonds. The minimum Gasteiger partial charge on any atom is -0.496 e. The van der Waals surface area contributed by atoms with Gasteiger partial charge in [-0.05, 0) is 52.9 Å². The first-order valence-electron chi connectivity index (χ1n) is 5.29. The van der Waals surface area contributed by atoms with Gasteiger partial charge in [0.05, 0.1) is 17.2 Å². The second-order valence-corrected chi connectivity index (χ2v) is 5.82. The van der Waals surface area contributed by atoms with E-state index in [4.69, 9.17) is 4.74 Å². The van der Waals surface area contributed by atoms with Crippen LogP contribution < -0.4 is 10.3 Å². The third-order valence-electron chi connectivity index (χ3n) is 2.56. The molecule has 0 aliphatic carbocycles. The molecule has 18 heavy (non-hydrogen) atoms. The van der Waals surface area contributed by atoms with E-state index in [0.717, 1.165) is 15.8 Å². The summed E-state index contributed by atoms with van der Waals surface area (Å²) in [7, 11) is 1.63. The number of aromatic nitrogens is 1. The number of ether oxygens (including phenoxy) is 1. The maximum Gasteiger partial charge on any atom is 0.264 e.